The van der Waals surface area contributed by atoms with E-state index in [2.05, 4.69) is 0 Å². The highest BCUT2D eigenvalue weighted by Crippen LogP contribution is 2.18. The SMILES string of the molecule is Cc1ccc(C)c(CC(CC(=O)O)C(=O)O)c1. The summed E-state index contributed by atoms with van der Waals surface area (Å²) in [4.78, 5) is 21.6. The summed E-state index contributed by atoms with van der Waals surface area (Å²) in [5, 5.41) is 17.7. The number of aliphatic carboxylic acids is 2. The van der Waals surface area contributed by atoms with Crippen molar-refractivity contribution in [2.45, 2.75) is 26.7 Å². The Balaban J connectivity index is 2.89. The first-order valence-electron chi connectivity index (χ1n) is 5.41. The molecule has 0 aliphatic rings. The lowest BCUT2D eigenvalue weighted by Crippen LogP contribution is -2.20. The van der Waals surface area contributed by atoms with Crippen LogP contribution in [0.2, 0.25) is 0 Å². The molecule has 0 amide bonds. The molecule has 0 bridgehead atoms. The Morgan fingerprint density at radius 2 is 1.88 bits per heavy atom. The van der Waals surface area contributed by atoms with Crippen molar-refractivity contribution in [3.8, 4) is 0 Å². The zero-order chi connectivity index (χ0) is 13.0. The molecular weight excluding hydrogens is 220 g/mol. The van der Waals surface area contributed by atoms with E-state index in [4.69, 9.17) is 10.2 Å². The molecular formula is C13H16O4. The van der Waals surface area contributed by atoms with Crippen molar-refractivity contribution in [1.82, 2.24) is 0 Å². The Morgan fingerprint density at radius 3 is 2.41 bits per heavy atom. The molecule has 0 fully saturated rings. The maximum absolute atomic E-state index is 11.0. The normalized spacial score (nSPS) is 12.1. The predicted octanol–water partition coefficient (Wildman–Crippen LogP) is 2.02. The summed E-state index contributed by atoms with van der Waals surface area (Å²) in [5.74, 6) is -3.01. The van der Waals surface area contributed by atoms with E-state index in [0.29, 0.717) is 0 Å². The number of carboxylic acid groups (broad SMARTS) is 2. The van der Waals surface area contributed by atoms with Crippen molar-refractivity contribution in [2.75, 3.05) is 0 Å². The quantitative estimate of drug-likeness (QED) is 0.820. The second-order valence-electron chi connectivity index (χ2n) is 4.27. The number of aryl methyl sites for hydroxylation is 2. The van der Waals surface area contributed by atoms with Crippen LogP contribution in [0.4, 0.5) is 0 Å². The molecule has 1 aromatic rings. The Hall–Kier alpha value is -1.84. The minimum Gasteiger partial charge on any atom is -0.481 e. The number of hydrogen-bond acceptors (Lipinski definition) is 2. The highest BCUT2D eigenvalue weighted by Gasteiger charge is 2.22. The highest BCUT2D eigenvalue weighted by atomic mass is 16.4. The van der Waals surface area contributed by atoms with Crippen LogP contribution in [0.15, 0.2) is 18.2 Å². The molecule has 92 valence electrons. The molecule has 2 N–H and O–H groups in total. The first kappa shape index (κ1) is 13.2. The van der Waals surface area contributed by atoms with E-state index in [-0.39, 0.29) is 12.8 Å². The van der Waals surface area contributed by atoms with Crippen molar-refractivity contribution in [2.24, 2.45) is 5.92 Å². The zero-order valence-corrected chi connectivity index (χ0v) is 9.93. The lowest BCUT2D eigenvalue weighted by molar-refractivity contribution is -0.148. The van der Waals surface area contributed by atoms with Gasteiger partial charge in [0.1, 0.15) is 0 Å². The average molecular weight is 236 g/mol. The number of benzene rings is 1. The van der Waals surface area contributed by atoms with Crippen molar-refractivity contribution in [1.29, 1.82) is 0 Å². The van der Waals surface area contributed by atoms with Crippen molar-refractivity contribution in [3.05, 3.63) is 34.9 Å². The minimum atomic E-state index is -1.08. The van der Waals surface area contributed by atoms with Crippen molar-refractivity contribution < 1.29 is 19.8 Å². The number of carbonyl (C=O) groups is 2. The Morgan fingerprint density at radius 1 is 1.24 bits per heavy atom. The van der Waals surface area contributed by atoms with E-state index in [0.717, 1.165) is 16.7 Å². The van der Waals surface area contributed by atoms with E-state index in [1.165, 1.54) is 0 Å². The van der Waals surface area contributed by atoms with Gasteiger partial charge in [0.15, 0.2) is 0 Å². The summed E-state index contributed by atoms with van der Waals surface area (Å²) in [6.07, 6.45) is -0.0855. The average Bonchev–Trinajstić information content (AvgIpc) is 2.21. The van der Waals surface area contributed by atoms with Crippen LogP contribution in [0.5, 0.6) is 0 Å². The van der Waals surface area contributed by atoms with Gasteiger partial charge in [-0.3, -0.25) is 9.59 Å². The standard InChI is InChI=1S/C13H16O4/c1-8-3-4-9(2)10(5-8)6-11(13(16)17)7-12(14)15/h3-5,11H,6-7H2,1-2H3,(H,14,15)(H,16,17). The number of hydrogen-bond donors (Lipinski definition) is 2. The molecule has 0 heterocycles. The molecule has 0 aliphatic carbocycles. The zero-order valence-electron chi connectivity index (χ0n) is 9.93. The Bertz CT molecular complexity index is 437. The van der Waals surface area contributed by atoms with Gasteiger partial charge in [0.05, 0.1) is 12.3 Å². The van der Waals surface area contributed by atoms with Gasteiger partial charge in [-0.25, -0.2) is 0 Å². The molecule has 17 heavy (non-hydrogen) atoms. The Labute approximate surface area is 99.9 Å². The first-order valence-corrected chi connectivity index (χ1v) is 5.41. The predicted molar refractivity (Wildman–Crippen MR) is 63.0 cm³/mol. The number of rotatable bonds is 5. The largest absolute Gasteiger partial charge is 0.481 e. The van der Waals surface area contributed by atoms with Gasteiger partial charge < -0.3 is 10.2 Å². The van der Waals surface area contributed by atoms with Crippen LogP contribution in [0.1, 0.15) is 23.1 Å². The third-order valence-corrected chi connectivity index (χ3v) is 2.74. The minimum absolute atomic E-state index is 0.259. The van der Waals surface area contributed by atoms with E-state index < -0.39 is 17.9 Å². The van der Waals surface area contributed by atoms with E-state index >= 15 is 0 Å². The molecule has 4 heteroatoms. The third-order valence-electron chi connectivity index (χ3n) is 2.74. The van der Waals surface area contributed by atoms with Gasteiger partial charge in [-0.05, 0) is 31.4 Å². The van der Waals surface area contributed by atoms with Crippen LogP contribution in [0, 0.1) is 19.8 Å². The molecule has 1 atom stereocenters. The smallest absolute Gasteiger partial charge is 0.307 e. The molecule has 0 aromatic heterocycles. The molecule has 0 saturated carbocycles. The maximum Gasteiger partial charge on any atom is 0.307 e. The first-order chi connectivity index (χ1) is 7.90. The molecule has 0 spiro atoms. The van der Waals surface area contributed by atoms with Crippen LogP contribution in [-0.4, -0.2) is 22.2 Å². The van der Waals surface area contributed by atoms with E-state index in [1.807, 2.05) is 32.0 Å². The van der Waals surface area contributed by atoms with Crippen LogP contribution in [-0.2, 0) is 16.0 Å². The second kappa shape index (κ2) is 5.48. The van der Waals surface area contributed by atoms with Gasteiger partial charge in [0.2, 0.25) is 0 Å². The number of carboxylic acids is 2. The van der Waals surface area contributed by atoms with Crippen molar-refractivity contribution in [3.63, 3.8) is 0 Å². The fourth-order valence-corrected chi connectivity index (χ4v) is 1.74. The fraction of sp³-hybridized carbons (Fsp3) is 0.385. The van der Waals surface area contributed by atoms with Crippen LogP contribution < -0.4 is 0 Å². The van der Waals surface area contributed by atoms with Crippen LogP contribution >= 0.6 is 0 Å². The topological polar surface area (TPSA) is 74.6 Å². The molecule has 0 radical (unpaired) electrons. The maximum atomic E-state index is 11.0. The molecule has 1 aromatic carbocycles. The van der Waals surface area contributed by atoms with Gasteiger partial charge in [0.25, 0.3) is 0 Å². The summed E-state index contributed by atoms with van der Waals surface area (Å²) in [5.41, 5.74) is 2.94. The van der Waals surface area contributed by atoms with Crippen molar-refractivity contribution >= 4 is 11.9 Å². The molecule has 4 nitrogen and oxygen atoms in total. The monoisotopic (exact) mass is 236 g/mol. The lowest BCUT2D eigenvalue weighted by Gasteiger charge is -2.12. The summed E-state index contributed by atoms with van der Waals surface area (Å²) in [6, 6.07) is 5.78. The highest BCUT2D eigenvalue weighted by molar-refractivity contribution is 5.78. The molecule has 0 saturated heterocycles. The summed E-state index contributed by atoms with van der Waals surface area (Å²) in [6.45, 7) is 3.82. The fourth-order valence-electron chi connectivity index (χ4n) is 1.74. The van der Waals surface area contributed by atoms with Gasteiger partial charge in [0, 0.05) is 0 Å². The second-order valence-corrected chi connectivity index (χ2v) is 4.27. The van der Waals surface area contributed by atoms with E-state index in [9.17, 15) is 9.59 Å². The third kappa shape index (κ3) is 3.90. The molecule has 1 rings (SSSR count). The molecule has 0 aliphatic heterocycles. The summed E-state index contributed by atoms with van der Waals surface area (Å²) < 4.78 is 0. The Kier molecular flexibility index (Phi) is 4.26. The van der Waals surface area contributed by atoms with Gasteiger partial charge in [-0.15, -0.1) is 0 Å². The summed E-state index contributed by atoms with van der Waals surface area (Å²) >= 11 is 0. The van der Waals surface area contributed by atoms with Gasteiger partial charge >= 0.3 is 11.9 Å². The lowest BCUT2D eigenvalue weighted by atomic mass is 9.93. The van der Waals surface area contributed by atoms with Crippen LogP contribution in [0.3, 0.4) is 0 Å². The molecule has 1 unspecified atom stereocenters. The van der Waals surface area contributed by atoms with Gasteiger partial charge in [-0.1, -0.05) is 23.8 Å². The summed E-state index contributed by atoms with van der Waals surface area (Å²) in [7, 11) is 0. The van der Waals surface area contributed by atoms with E-state index in [1.54, 1.807) is 0 Å². The van der Waals surface area contributed by atoms with Gasteiger partial charge in [-0.2, -0.15) is 0 Å². The van der Waals surface area contributed by atoms with Crippen LogP contribution in [0.25, 0.3) is 0 Å².